The van der Waals surface area contributed by atoms with E-state index in [-0.39, 0.29) is 5.54 Å². The van der Waals surface area contributed by atoms with Crippen LogP contribution in [0.5, 0.6) is 0 Å². The Kier molecular flexibility index (Phi) is 3.88. The summed E-state index contributed by atoms with van der Waals surface area (Å²) in [4.78, 5) is 6.77. The van der Waals surface area contributed by atoms with Crippen molar-refractivity contribution in [1.29, 1.82) is 0 Å². The van der Waals surface area contributed by atoms with E-state index in [1.165, 1.54) is 0 Å². The van der Waals surface area contributed by atoms with Gasteiger partial charge in [-0.25, -0.2) is 4.98 Å². The molecule has 100 valence electrons. The SMILES string of the molecule is CN(c1ccc(C(C)(C)N)cn1)C1CCOCC1. The normalized spacial score (nSPS) is 17.8. The van der Waals surface area contributed by atoms with Crippen LogP contribution in [-0.2, 0) is 10.3 Å². The number of aromatic nitrogens is 1. The Labute approximate surface area is 109 Å². The summed E-state index contributed by atoms with van der Waals surface area (Å²) in [5.74, 6) is 1.01. The average molecular weight is 249 g/mol. The van der Waals surface area contributed by atoms with Crippen molar-refractivity contribution in [2.75, 3.05) is 25.2 Å². The quantitative estimate of drug-likeness (QED) is 0.889. The molecule has 1 fully saturated rings. The lowest BCUT2D eigenvalue weighted by atomic mass is 9.97. The van der Waals surface area contributed by atoms with Gasteiger partial charge < -0.3 is 15.4 Å². The smallest absolute Gasteiger partial charge is 0.128 e. The number of hydrogen-bond acceptors (Lipinski definition) is 4. The third-order valence-corrected chi connectivity index (χ3v) is 3.59. The summed E-state index contributed by atoms with van der Waals surface area (Å²) in [5, 5.41) is 0. The minimum Gasteiger partial charge on any atom is -0.381 e. The van der Waals surface area contributed by atoms with Crippen LogP contribution in [-0.4, -0.2) is 31.3 Å². The maximum atomic E-state index is 6.06. The van der Waals surface area contributed by atoms with Crippen LogP contribution in [0.25, 0.3) is 0 Å². The first-order valence-electron chi connectivity index (χ1n) is 6.54. The van der Waals surface area contributed by atoms with Crippen LogP contribution >= 0.6 is 0 Å². The van der Waals surface area contributed by atoms with Gasteiger partial charge in [-0.15, -0.1) is 0 Å². The zero-order chi connectivity index (χ0) is 13.2. The zero-order valence-corrected chi connectivity index (χ0v) is 11.5. The second kappa shape index (κ2) is 5.24. The lowest BCUT2D eigenvalue weighted by Crippen LogP contribution is -2.37. The maximum absolute atomic E-state index is 6.06. The average Bonchev–Trinajstić information content (AvgIpc) is 2.38. The van der Waals surface area contributed by atoms with Gasteiger partial charge in [-0.1, -0.05) is 6.07 Å². The van der Waals surface area contributed by atoms with Gasteiger partial charge >= 0.3 is 0 Å². The van der Waals surface area contributed by atoms with Crippen molar-refractivity contribution in [3.05, 3.63) is 23.9 Å². The van der Waals surface area contributed by atoms with Crippen molar-refractivity contribution in [1.82, 2.24) is 4.98 Å². The second-order valence-corrected chi connectivity index (χ2v) is 5.58. The fourth-order valence-electron chi connectivity index (χ4n) is 2.24. The van der Waals surface area contributed by atoms with Gasteiger partial charge in [0.05, 0.1) is 0 Å². The van der Waals surface area contributed by atoms with E-state index in [2.05, 4.69) is 29.1 Å². The first-order valence-corrected chi connectivity index (χ1v) is 6.54. The van der Waals surface area contributed by atoms with Gasteiger partial charge in [0.15, 0.2) is 0 Å². The molecule has 0 amide bonds. The predicted molar refractivity (Wildman–Crippen MR) is 73.7 cm³/mol. The summed E-state index contributed by atoms with van der Waals surface area (Å²) < 4.78 is 5.39. The van der Waals surface area contributed by atoms with Crippen LogP contribution in [0.2, 0.25) is 0 Å². The Morgan fingerprint density at radius 1 is 1.33 bits per heavy atom. The fraction of sp³-hybridized carbons (Fsp3) is 0.643. The highest BCUT2D eigenvalue weighted by Gasteiger charge is 2.20. The number of hydrogen-bond donors (Lipinski definition) is 1. The maximum Gasteiger partial charge on any atom is 0.128 e. The Morgan fingerprint density at radius 3 is 2.50 bits per heavy atom. The molecule has 4 nitrogen and oxygen atoms in total. The van der Waals surface area contributed by atoms with E-state index in [0.717, 1.165) is 37.4 Å². The number of anilines is 1. The molecule has 0 unspecified atom stereocenters. The number of pyridine rings is 1. The Hall–Kier alpha value is -1.13. The van der Waals surface area contributed by atoms with Gasteiger partial charge in [0, 0.05) is 38.0 Å². The Morgan fingerprint density at radius 2 is 2.00 bits per heavy atom. The second-order valence-electron chi connectivity index (χ2n) is 5.58. The van der Waals surface area contributed by atoms with Gasteiger partial charge in [0.25, 0.3) is 0 Å². The molecule has 0 aromatic carbocycles. The summed E-state index contributed by atoms with van der Waals surface area (Å²) >= 11 is 0. The van der Waals surface area contributed by atoms with Crippen LogP contribution in [0.15, 0.2) is 18.3 Å². The van der Waals surface area contributed by atoms with Crippen molar-refractivity contribution in [2.24, 2.45) is 5.73 Å². The summed E-state index contributed by atoms with van der Waals surface area (Å²) in [6.45, 7) is 5.68. The van der Waals surface area contributed by atoms with Crippen molar-refractivity contribution in [2.45, 2.75) is 38.3 Å². The van der Waals surface area contributed by atoms with Gasteiger partial charge in [0.2, 0.25) is 0 Å². The van der Waals surface area contributed by atoms with Crippen molar-refractivity contribution < 1.29 is 4.74 Å². The van der Waals surface area contributed by atoms with Crippen molar-refractivity contribution >= 4 is 5.82 Å². The van der Waals surface area contributed by atoms with E-state index in [4.69, 9.17) is 10.5 Å². The third-order valence-electron chi connectivity index (χ3n) is 3.59. The predicted octanol–water partition coefficient (Wildman–Crippen LogP) is 1.89. The highest BCUT2D eigenvalue weighted by atomic mass is 16.5. The summed E-state index contributed by atoms with van der Waals surface area (Å²) in [5.41, 5.74) is 6.79. The van der Waals surface area contributed by atoms with Crippen LogP contribution < -0.4 is 10.6 Å². The molecule has 2 N–H and O–H groups in total. The van der Waals surface area contributed by atoms with E-state index >= 15 is 0 Å². The zero-order valence-electron chi connectivity index (χ0n) is 11.5. The molecule has 0 bridgehead atoms. The fourth-order valence-corrected chi connectivity index (χ4v) is 2.24. The molecule has 2 heterocycles. The topological polar surface area (TPSA) is 51.4 Å². The van der Waals surface area contributed by atoms with Crippen LogP contribution in [0.4, 0.5) is 5.82 Å². The van der Waals surface area contributed by atoms with Gasteiger partial charge in [-0.3, -0.25) is 0 Å². The van der Waals surface area contributed by atoms with E-state index in [1.807, 2.05) is 20.0 Å². The number of nitrogens with two attached hydrogens (primary N) is 1. The van der Waals surface area contributed by atoms with E-state index < -0.39 is 0 Å². The van der Waals surface area contributed by atoms with Crippen molar-refractivity contribution in [3.8, 4) is 0 Å². The monoisotopic (exact) mass is 249 g/mol. The van der Waals surface area contributed by atoms with Gasteiger partial charge in [-0.05, 0) is 38.3 Å². The van der Waals surface area contributed by atoms with Gasteiger partial charge in [-0.2, -0.15) is 0 Å². The van der Waals surface area contributed by atoms with E-state index in [9.17, 15) is 0 Å². The van der Waals surface area contributed by atoms with E-state index in [0.29, 0.717) is 6.04 Å². The highest BCUT2D eigenvalue weighted by Crippen LogP contribution is 2.22. The minimum atomic E-state index is -0.331. The Bertz CT molecular complexity index is 377. The van der Waals surface area contributed by atoms with Crippen LogP contribution in [0.1, 0.15) is 32.3 Å². The first-order chi connectivity index (χ1) is 8.48. The third kappa shape index (κ3) is 3.00. The molecule has 1 aromatic heterocycles. The largest absolute Gasteiger partial charge is 0.381 e. The first kappa shape index (κ1) is 13.3. The number of ether oxygens (including phenoxy) is 1. The summed E-state index contributed by atoms with van der Waals surface area (Å²) in [6, 6.07) is 4.65. The summed E-state index contributed by atoms with van der Waals surface area (Å²) in [6.07, 6.45) is 4.02. The molecule has 0 atom stereocenters. The van der Waals surface area contributed by atoms with Gasteiger partial charge in [0.1, 0.15) is 5.82 Å². The Balaban J connectivity index is 2.09. The molecule has 0 radical (unpaired) electrons. The molecule has 2 rings (SSSR count). The molecule has 0 spiro atoms. The summed E-state index contributed by atoms with van der Waals surface area (Å²) in [7, 11) is 2.10. The molecule has 0 aliphatic carbocycles. The molecular formula is C14H23N3O. The molecule has 1 saturated heterocycles. The lowest BCUT2D eigenvalue weighted by Gasteiger charge is -2.32. The molecular weight excluding hydrogens is 226 g/mol. The van der Waals surface area contributed by atoms with Crippen LogP contribution in [0.3, 0.4) is 0 Å². The molecule has 18 heavy (non-hydrogen) atoms. The number of rotatable bonds is 3. The molecule has 1 aromatic rings. The van der Waals surface area contributed by atoms with Crippen LogP contribution in [0, 0.1) is 0 Å². The highest BCUT2D eigenvalue weighted by molar-refractivity contribution is 5.40. The molecule has 4 heteroatoms. The number of nitrogens with zero attached hydrogens (tertiary/aromatic N) is 2. The molecule has 1 aliphatic heterocycles. The molecule has 1 aliphatic rings. The lowest BCUT2D eigenvalue weighted by molar-refractivity contribution is 0.0853. The van der Waals surface area contributed by atoms with E-state index in [1.54, 1.807) is 0 Å². The standard InChI is InChI=1S/C14H23N3O/c1-14(2,15)11-4-5-13(16-10-11)17(3)12-6-8-18-9-7-12/h4-5,10,12H,6-9,15H2,1-3H3. The van der Waals surface area contributed by atoms with Crippen molar-refractivity contribution in [3.63, 3.8) is 0 Å². The molecule has 0 saturated carbocycles. The minimum absolute atomic E-state index is 0.331.